The Balaban J connectivity index is 1.70. The van der Waals surface area contributed by atoms with Crippen LogP contribution in [0.4, 0.5) is 0 Å². The number of amides is 1. The van der Waals surface area contributed by atoms with E-state index in [0.29, 0.717) is 0 Å². The predicted molar refractivity (Wildman–Crippen MR) is 102 cm³/mol. The van der Waals surface area contributed by atoms with Gasteiger partial charge in [0.1, 0.15) is 28.9 Å². The van der Waals surface area contributed by atoms with Crippen molar-refractivity contribution >= 4 is 17.7 Å². The lowest BCUT2D eigenvalue weighted by Crippen LogP contribution is -2.37. The number of carboxylic acids is 1. The molecule has 2 aromatic carbocycles. The van der Waals surface area contributed by atoms with Crippen molar-refractivity contribution in [2.45, 2.75) is 31.9 Å². The van der Waals surface area contributed by atoms with Crippen molar-refractivity contribution in [1.29, 1.82) is 0 Å². The van der Waals surface area contributed by atoms with E-state index in [-0.39, 0.29) is 48.0 Å². The summed E-state index contributed by atoms with van der Waals surface area (Å²) in [4.78, 5) is 35.0. The number of aromatic hydroxyl groups is 1. The number of nitrogens with one attached hydrogen (secondary N) is 1. The molecule has 8 nitrogen and oxygen atoms in total. The minimum Gasteiger partial charge on any atom is -0.507 e. The maximum absolute atomic E-state index is 12.5. The van der Waals surface area contributed by atoms with E-state index in [1.54, 1.807) is 6.92 Å². The van der Waals surface area contributed by atoms with E-state index in [0.717, 1.165) is 5.56 Å². The minimum atomic E-state index is -1.02. The molecule has 2 aromatic rings. The normalized spacial score (nSPS) is 16.3. The number of ketones is 1. The predicted octanol–water partition coefficient (Wildman–Crippen LogP) is 2.46. The van der Waals surface area contributed by atoms with Gasteiger partial charge in [-0.2, -0.15) is 0 Å². The van der Waals surface area contributed by atoms with Crippen LogP contribution >= 0.6 is 0 Å². The summed E-state index contributed by atoms with van der Waals surface area (Å²) >= 11 is 0. The zero-order valence-electron chi connectivity index (χ0n) is 15.8. The smallest absolute Gasteiger partial charge is 0.305 e. The Bertz CT molecular complexity index is 926. The van der Waals surface area contributed by atoms with Gasteiger partial charge in [-0.15, -0.1) is 0 Å². The second-order valence-electron chi connectivity index (χ2n) is 6.82. The first kappa shape index (κ1) is 20.2. The van der Waals surface area contributed by atoms with E-state index in [2.05, 4.69) is 5.32 Å². The van der Waals surface area contributed by atoms with Gasteiger partial charge in [0.25, 0.3) is 5.91 Å². The molecule has 0 spiro atoms. The first-order valence-corrected chi connectivity index (χ1v) is 9.09. The van der Waals surface area contributed by atoms with Crippen molar-refractivity contribution in [3.8, 4) is 17.2 Å². The molecule has 0 aromatic heterocycles. The lowest BCUT2D eigenvalue weighted by Gasteiger charge is -2.26. The average molecular weight is 399 g/mol. The second-order valence-corrected chi connectivity index (χ2v) is 6.82. The number of hydrogen-bond acceptors (Lipinski definition) is 6. The summed E-state index contributed by atoms with van der Waals surface area (Å²) < 4.78 is 11.3. The highest BCUT2D eigenvalue weighted by atomic mass is 16.5. The van der Waals surface area contributed by atoms with Gasteiger partial charge in [0.15, 0.2) is 12.4 Å². The number of benzene rings is 2. The third-order valence-electron chi connectivity index (χ3n) is 4.40. The number of carbonyl (C=O) groups excluding carboxylic acids is 2. The molecular formula is C21H21NO7. The van der Waals surface area contributed by atoms with Crippen LogP contribution in [0, 0.1) is 0 Å². The van der Waals surface area contributed by atoms with E-state index in [1.807, 2.05) is 30.3 Å². The Hall–Kier alpha value is -3.55. The third kappa shape index (κ3) is 5.04. The van der Waals surface area contributed by atoms with Gasteiger partial charge >= 0.3 is 5.97 Å². The summed E-state index contributed by atoms with van der Waals surface area (Å²) in [5.74, 6) is -1.71. The molecule has 8 heteroatoms. The van der Waals surface area contributed by atoms with Gasteiger partial charge in [-0.1, -0.05) is 30.3 Å². The Kier molecular flexibility index (Phi) is 6.01. The van der Waals surface area contributed by atoms with Gasteiger partial charge in [0.05, 0.1) is 12.8 Å². The molecule has 152 valence electrons. The van der Waals surface area contributed by atoms with Crippen LogP contribution in [-0.2, 0) is 9.59 Å². The molecule has 1 aliphatic rings. The topological polar surface area (TPSA) is 122 Å². The molecular weight excluding hydrogens is 378 g/mol. The minimum absolute atomic E-state index is 0.0871. The van der Waals surface area contributed by atoms with Crippen LogP contribution in [0.25, 0.3) is 0 Å². The molecule has 29 heavy (non-hydrogen) atoms. The van der Waals surface area contributed by atoms with Gasteiger partial charge in [0.2, 0.25) is 0 Å². The molecule has 0 aliphatic carbocycles. The number of fused-ring (bicyclic) bond motifs is 1. The van der Waals surface area contributed by atoms with E-state index >= 15 is 0 Å². The fourth-order valence-corrected chi connectivity index (χ4v) is 3.13. The van der Waals surface area contributed by atoms with Crippen LogP contribution in [0.2, 0.25) is 0 Å². The quantitative estimate of drug-likeness (QED) is 0.654. The summed E-state index contributed by atoms with van der Waals surface area (Å²) in [6, 6.07) is 11.4. The maximum Gasteiger partial charge on any atom is 0.305 e. The van der Waals surface area contributed by atoms with Gasteiger partial charge in [-0.05, 0) is 12.5 Å². The van der Waals surface area contributed by atoms with Crippen LogP contribution < -0.4 is 14.8 Å². The van der Waals surface area contributed by atoms with Crippen LogP contribution in [0.15, 0.2) is 42.5 Å². The number of aliphatic carboxylic acids is 1. The Morgan fingerprint density at radius 3 is 2.69 bits per heavy atom. The standard InChI is InChI=1S/C21H21NO7/c1-12(7-20(26)27)22-19(25)11-28-14-8-15(23)21-16(24)10-17(29-18(21)9-14)13-5-3-2-4-6-13/h2-6,8-9,12,17,23H,7,10-11H2,1H3,(H,22,25)(H,26,27). The second kappa shape index (κ2) is 8.64. The highest BCUT2D eigenvalue weighted by Gasteiger charge is 2.31. The highest BCUT2D eigenvalue weighted by Crippen LogP contribution is 2.41. The lowest BCUT2D eigenvalue weighted by atomic mass is 9.95. The van der Waals surface area contributed by atoms with Crippen molar-refractivity contribution in [3.05, 3.63) is 53.6 Å². The molecule has 0 bridgehead atoms. The van der Waals surface area contributed by atoms with Crippen molar-refractivity contribution in [3.63, 3.8) is 0 Å². The molecule has 0 fully saturated rings. The van der Waals surface area contributed by atoms with Crippen molar-refractivity contribution in [2.75, 3.05) is 6.61 Å². The fourth-order valence-electron chi connectivity index (χ4n) is 3.13. The first-order chi connectivity index (χ1) is 13.8. The fraction of sp³-hybridized carbons (Fsp3) is 0.286. The summed E-state index contributed by atoms with van der Waals surface area (Å²) in [6.45, 7) is 1.19. The zero-order chi connectivity index (χ0) is 21.0. The number of phenolic OH excluding ortho intramolecular Hbond substituents is 1. The maximum atomic E-state index is 12.5. The summed E-state index contributed by atoms with van der Waals surface area (Å²) in [6.07, 6.45) is -0.581. The molecule has 0 saturated heterocycles. The first-order valence-electron chi connectivity index (χ1n) is 9.09. The monoisotopic (exact) mass is 399 g/mol. The third-order valence-corrected chi connectivity index (χ3v) is 4.40. The number of phenols is 1. The number of carboxylic acid groups (broad SMARTS) is 1. The van der Waals surface area contributed by atoms with Crippen LogP contribution in [0.1, 0.15) is 41.8 Å². The van der Waals surface area contributed by atoms with Crippen LogP contribution in [0.5, 0.6) is 17.2 Å². The van der Waals surface area contributed by atoms with E-state index in [9.17, 15) is 19.5 Å². The SMILES string of the molecule is CC(CC(=O)O)NC(=O)COc1cc(O)c2c(c1)OC(c1ccccc1)CC2=O. The molecule has 1 amide bonds. The largest absolute Gasteiger partial charge is 0.507 e. The number of ether oxygens (including phenoxy) is 2. The van der Waals surface area contributed by atoms with Crippen LogP contribution in [0.3, 0.4) is 0 Å². The Morgan fingerprint density at radius 1 is 1.28 bits per heavy atom. The lowest BCUT2D eigenvalue weighted by molar-refractivity contribution is -0.137. The van der Waals surface area contributed by atoms with Crippen LogP contribution in [-0.4, -0.2) is 40.5 Å². The number of carbonyl (C=O) groups is 3. The Labute approximate surface area is 167 Å². The van der Waals surface area contributed by atoms with Crippen molar-refractivity contribution < 1.29 is 34.1 Å². The Morgan fingerprint density at radius 2 is 2.00 bits per heavy atom. The van der Waals surface area contributed by atoms with Gasteiger partial charge in [-0.25, -0.2) is 0 Å². The molecule has 3 N–H and O–H groups in total. The van der Waals surface area contributed by atoms with Gasteiger partial charge in [0, 0.05) is 18.2 Å². The highest BCUT2D eigenvalue weighted by molar-refractivity contribution is 6.02. The summed E-state index contributed by atoms with van der Waals surface area (Å²) in [5.41, 5.74) is 0.924. The van der Waals surface area contributed by atoms with Crippen molar-refractivity contribution in [1.82, 2.24) is 5.32 Å². The number of hydrogen-bond donors (Lipinski definition) is 3. The zero-order valence-corrected chi connectivity index (χ0v) is 15.8. The molecule has 2 unspecified atom stereocenters. The van der Waals surface area contributed by atoms with E-state index < -0.39 is 24.0 Å². The molecule has 2 atom stereocenters. The van der Waals surface area contributed by atoms with Gasteiger partial charge < -0.3 is 25.0 Å². The molecule has 3 rings (SSSR count). The van der Waals surface area contributed by atoms with E-state index in [4.69, 9.17) is 14.6 Å². The number of rotatable bonds is 7. The number of Topliss-reactive ketones (excluding diaryl/α,β-unsaturated/α-hetero) is 1. The van der Waals surface area contributed by atoms with Gasteiger partial charge in [-0.3, -0.25) is 14.4 Å². The van der Waals surface area contributed by atoms with E-state index in [1.165, 1.54) is 12.1 Å². The molecule has 1 heterocycles. The summed E-state index contributed by atoms with van der Waals surface area (Å²) in [7, 11) is 0. The molecule has 1 aliphatic heterocycles. The average Bonchev–Trinajstić information content (AvgIpc) is 2.65. The molecule has 0 saturated carbocycles. The molecule has 0 radical (unpaired) electrons. The van der Waals surface area contributed by atoms with Crippen molar-refractivity contribution in [2.24, 2.45) is 0 Å². The summed E-state index contributed by atoms with van der Waals surface area (Å²) in [5, 5.41) is 21.5.